The maximum Gasteiger partial charge on any atom is 0.243 e. The van der Waals surface area contributed by atoms with E-state index >= 15 is 0 Å². The number of likely N-dealkylation sites (N-methyl/N-ethyl adjacent to an activating group) is 1. The molecule has 30 heavy (non-hydrogen) atoms. The first-order chi connectivity index (χ1) is 14.5. The molecule has 0 atom stereocenters. The van der Waals surface area contributed by atoms with Gasteiger partial charge in [-0.3, -0.25) is 0 Å². The molecule has 0 bridgehead atoms. The van der Waals surface area contributed by atoms with E-state index in [2.05, 4.69) is 31.7 Å². The Morgan fingerprint density at radius 3 is 1.93 bits per heavy atom. The van der Waals surface area contributed by atoms with Crippen LogP contribution in [0.15, 0.2) is 41.6 Å². The van der Waals surface area contributed by atoms with Crippen molar-refractivity contribution < 1.29 is 8.42 Å². The zero-order valence-corrected chi connectivity index (χ0v) is 17.8. The zero-order valence-electron chi connectivity index (χ0n) is 17.0. The molecule has 1 aromatic carbocycles. The Morgan fingerprint density at radius 2 is 1.40 bits per heavy atom. The smallest absolute Gasteiger partial charge is 0.243 e. The number of aromatic nitrogens is 2. The second-order valence-electron chi connectivity index (χ2n) is 7.55. The van der Waals surface area contributed by atoms with Gasteiger partial charge in [0, 0.05) is 58.4 Å². The SMILES string of the molecule is CN1CCN(c2cc(N3CCN(S(=O)(=O)c4ccc(C#N)cc4)CC3)ncn2)CC1. The largest absolute Gasteiger partial charge is 0.354 e. The average Bonchev–Trinajstić information content (AvgIpc) is 2.80. The minimum Gasteiger partial charge on any atom is -0.354 e. The summed E-state index contributed by atoms with van der Waals surface area (Å²) in [4.78, 5) is 15.7. The molecule has 4 rings (SSSR count). The number of hydrogen-bond acceptors (Lipinski definition) is 8. The molecule has 10 heteroatoms. The number of rotatable bonds is 4. The summed E-state index contributed by atoms with van der Waals surface area (Å²) in [6.07, 6.45) is 1.59. The van der Waals surface area contributed by atoms with Crippen LogP contribution in [0.2, 0.25) is 0 Å². The minimum absolute atomic E-state index is 0.217. The number of anilines is 2. The Labute approximate surface area is 177 Å². The van der Waals surface area contributed by atoms with Gasteiger partial charge in [-0.2, -0.15) is 9.57 Å². The Morgan fingerprint density at radius 1 is 0.867 bits per heavy atom. The van der Waals surface area contributed by atoms with Gasteiger partial charge in [-0.25, -0.2) is 18.4 Å². The van der Waals surface area contributed by atoms with E-state index in [1.54, 1.807) is 6.33 Å². The highest BCUT2D eigenvalue weighted by Crippen LogP contribution is 2.23. The molecule has 0 N–H and O–H groups in total. The van der Waals surface area contributed by atoms with E-state index in [-0.39, 0.29) is 4.90 Å². The van der Waals surface area contributed by atoms with Crippen LogP contribution in [0.25, 0.3) is 0 Å². The highest BCUT2D eigenvalue weighted by Gasteiger charge is 2.29. The van der Waals surface area contributed by atoms with Crippen molar-refractivity contribution in [1.29, 1.82) is 5.26 Å². The first-order valence-corrected chi connectivity index (χ1v) is 11.4. The van der Waals surface area contributed by atoms with Crippen LogP contribution in [0.1, 0.15) is 5.56 Å². The molecular formula is C20H25N7O2S. The Bertz CT molecular complexity index is 1020. The summed E-state index contributed by atoms with van der Waals surface area (Å²) >= 11 is 0. The lowest BCUT2D eigenvalue weighted by molar-refractivity contribution is 0.312. The van der Waals surface area contributed by atoms with Crippen LogP contribution >= 0.6 is 0 Å². The number of nitriles is 1. The third kappa shape index (κ3) is 4.23. The molecule has 2 aliphatic heterocycles. The molecule has 1 aromatic heterocycles. The van der Waals surface area contributed by atoms with Crippen LogP contribution in [0.5, 0.6) is 0 Å². The van der Waals surface area contributed by atoms with E-state index in [0.29, 0.717) is 31.7 Å². The second-order valence-corrected chi connectivity index (χ2v) is 9.49. The van der Waals surface area contributed by atoms with Crippen molar-refractivity contribution in [2.24, 2.45) is 0 Å². The van der Waals surface area contributed by atoms with E-state index < -0.39 is 10.0 Å². The van der Waals surface area contributed by atoms with Crippen molar-refractivity contribution in [3.05, 3.63) is 42.2 Å². The van der Waals surface area contributed by atoms with Crippen LogP contribution in [-0.4, -0.2) is 87.0 Å². The van der Waals surface area contributed by atoms with Crippen LogP contribution in [-0.2, 0) is 10.0 Å². The molecule has 9 nitrogen and oxygen atoms in total. The van der Waals surface area contributed by atoms with Gasteiger partial charge in [0.05, 0.1) is 16.5 Å². The zero-order chi connectivity index (χ0) is 21.1. The number of piperazine rings is 2. The highest BCUT2D eigenvalue weighted by molar-refractivity contribution is 7.89. The lowest BCUT2D eigenvalue weighted by atomic mass is 10.2. The van der Waals surface area contributed by atoms with Gasteiger partial charge in [-0.1, -0.05) is 0 Å². The normalized spacial score (nSPS) is 18.9. The van der Waals surface area contributed by atoms with Crippen molar-refractivity contribution in [2.75, 3.05) is 69.2 Å². The third-order valence-corrected chi connectivity index (χ3v) is 7.56. The van der Waals surface area contributed by atoms with Crippen molar-refractivity contribution in [1.82, 2.24) is 19.2 Å². The first kappa shape index (κ1) is 20.5. The molecule has 0 radical (unpaired) electrons. The third-order valence-electron chi connectivity index (χ3n) is 5.65. The van der Waals surface area contributed by atoms with E-state index in [9.17, 15) is 8.42 Å². The van der Waals surface area contributed by atoms with E-state index in [1.807, 2.05) is 12.1 Å². The molecule has 2 fully saturated rings. The van der Waals surface area contributed by atoms with Crippen molar-refractivity contribution in [3.8, 4) is 6.07 Å². The average molecular weight is 428 g/mol. The molecule has 2 aliphatic rings. The molecule has 0 amide bonds. The van der Waals surface area contributed by atoms with Crippen molar-refractivity contribution in [3.63, 3.8) is 0 Å². The van der Waals surface area contributed by atoms with Crippen LogP contribution in [0.3, 0.4) is 0 Å². The standard InChI is InChI=1S/C20H25N7O2S/c1-24-6-8-25(9-7-24)19-14-20(23-16-22-19)26-10-12-27(13-11-26)30(28,29)18-4-2-17(15-21)3-5-18/h2-5,14,16H,6-13H2,1H3. The maximum absolute atomic E-state index is 12.9. The van der Waals surface area contributed by atoms with Crippen LogP contribution in [0, 0.1) is 11.3 Å². The fraction of sp³-hybridized carbons (Fsp3) is 0.450. The number of nitrogens with zero attached hydrogens (tertiary/aromatic N) is 7. The molecular weight excluding hydrogens is 402 g/mol. The molecule has 2 aromatic rings. The minimum atomic E-state index is -3.57. The molecule has 2 saturated heterocycles. The van der Waals surface area contributed by atoms with E-state index in [1.165, 1.54) is 28.6 Å². The quantitative estimate of drug-likeness (QED) is 0.700. The monoisotopic (exact) mass is 427 g/mol. The molecule has 0 spiro atoms. The molecule has 0 unspecified atom stereocenters. The number of sulfonamides is 1. The number of benzene rings is 1. The van der Waals surface area contributed by atoms with Gasteiger partial charge in [0.25, 0.3) is 0 Å². The summed E-state index contributed by atoms with van der Waals surface area (Å²) in [5.74, 6) is 1.75. The van der Waals surface area contributed by atoms with Crippen molar-refractivity contribution in [2.45, 2.75) is 4.90 Å². The summed E-state index contributed by atoms with van der Waals surface area (Å²) in [7, 11) is -1.45. The summed E-state index contributed by atoms with van der Waals surface area (Å²) < 4.78 is 27.3. The van der Waals surface area contributed by atoms with Gasteiger partial charge in [0.1, 0.15) is 18.0 Å². The van der Waals surface area contributed by atoms with E-state index in [0.717, 1.165) is 37.8 Å². The molecule has 0 saturated carbocycles. The summed E-state index contributed by atoms with van der Waals surface area (Å²) in [5, 5.41) is 8.90. The Balaban J connectivity index is 1.42. The lowest BCUT2D eigenvalue weighted by Gasteiger charge is -2.36. The van der Waals surface area contributed by atoms with Gasteiger partial charge in [-0.15, -0.1) is 0 Å². The van der Waals surface area contributed by atoms with Gasteiger partial charge in [-0.05, 0) is 31.3 Å². The fourth-order valence-corrected chi connectivity index (χ4v) is 5.15. The fourth-order valence-electron chi connectivity index (χ4n) is 3.73. The van der Waals surface area contributed by atoms with E-state index in [4.69, 9.17) is 5.26 Å². The molecule has 3 heterocycles. The first-order valence-electron chi connectivity index (χ1n) is 9.98. The maximum atomic E-state index is 12.9. The second kappa shape index (κ2) is 8.55. The van der Waals surface area contributed by atoms with Crippen LogP contribution in [0.4, 0.5) is 11.6 Å². The number of hydrogen-bond donors (Lipinski definition) is 0. The predicted molar refractivity (Wildman–Crippen MR) is 114 cm³/mol. The van der Waals surface area contributed by atoms with Gasteiger partial charge in [0.2, 0.25) is 10.0 Å². The summed E-state index contributed by atoms with van der Waals surface area (Å²) in [6, 6.07) is 10.1. The Kier molecular flexibility index (Phi) is 5.85. The molecule has 0 aliphatic carbocycles. The van der Waals surface area contributed by atoms with Crippen molar-refractivity contribution >= 4 is 21.7 Å². The highest BCUT2D eigenvalue weighted by atomic mass is 32.2. The molecule has 158 valence electrons. The van der Waals surface area contributed by atoms with Gasteiger partial charge < -0.3 is 14.7 Å². The summed E-state index contributed by atoms with van der Waals surface area (Å²) in [6.45, 7) is 5.78. The summed E-state index contributed by atoms with van der Waals surface area (Å²) in [5.41, 5.74) is 0.443. The van der Waals surface area contributed by atoms with Gasteiger partial charge >= 0.3 is 0 Å². The van der Waals surface area contributed by atoms with Crippen LogP contribution < -0.4 is 9.80 Å². The van der Waals surface area contributed by atoms with Gasteiger partial charge in [0.15, 0.2) is 0 Å². The Hall–Kier alpha value is -2.74. The predicted octanol–water partition coefficient (Wildman–Crippen LogP) is 0.611. The topological polar surface area (TPSA) is 96.7 Å². The lowest BCUT2D eigenvalue weighted by Crippen LogP contribution is -2.49.